The van der Waals surface area contributed by atoms with Crippen molar-refractivity contribution >= 4 is 24.0 Å². The Morgan fingerprint density at radius 3 is 1.64 bits per heavy atom. The molecule has 15 heteroatoms. The molecule has 4 heterocycles. The maximum absolute atomic E-state index is 13.5. The quantitative estimate of drug-likeness (QED) is 0.143. The number of amides is 4. The van der Waals surface area contributed by atoms with Gasteiger partial charge in [-0.3, -0.25) is 14.9 Å². The molecule has 2 aromatic carbocycles. The second-order valence-electron chi connectivity index (χ2n) is 14.6. The van der Waals surface area contributed by atoms with Gasteiger partial charge in [-0.25, -0.2) is 19.6 Å². The van der Waals surface area contributed by atoms with Crippen molar-refractivity contribution in [3.63, 3.8) is 0 Å². The van der Waals surface area contributed by atoms with Crippen molar-refractivity contribution in [2.24, 2.45) is 11.8 Å². The number of nitrogens with one attached hydrogen (secondary N) is 5. The zero-order valence-corrected chi connectivity index (χ0v) is 32.5. The molecule has 2 aromatic heterocycles. The smallest absolute Gasteiger partial charge is 0.407 e. The van der Waals surface area contributed by atoms with Crippen LogP contribution in [0.4, 0.5) is 9.59 Å². The number of hydrogen-bond donors (Lipinski definition) is 5. The monoisotopic (exact) mass is 763 g/mol. The highest BCUT2D eigenvalue weighted by Crippen LogP contribution is 2.33. The largest absolute Gasteiger partial charge is 0.453 e. The molecule has 2 saturated heterocycles. The van der Waals surface area contributed by atoms with Crippen LogP contribution in [0.1, 0.15) is 75.4 Å². The van der Waals surface area contributed by atoms with Crippen LogP contribution in [0.15, 0.2) is 60.9 Å². The Balaban J connectivity index is 1.08. The van der Waals surface area contributed by atoms with E-state index in [0.717, 1.165) is 46.5 Å². The molecule has 6 rings (SSSR count). The summed E-state index contributed by atoms with van der Waals surface area (Å²) < 4.78 is 9.47. The number of methoxy groups -OCH3 is 2. The van der Waals surface area contributed by atoms with E-state index in [0.29, 0.717) is 31.4 Å². The molecule has 4 aromatic rings. The number of ether oxygens (including phenoxy) is 2. The summed E-state index contributed by atoms with van der Waals surface area (Å²) in [6.07, 6.45) is 3.87. The Morgan fingerprint density at radius 2 is 1.18 bits per heavy atom. The van der Waals surface area contributed by atoms with Gasteiger partial charge >= 0.3 is 12.2 Å². The van der Waals surface area contributed by atoms with Crippen molar-refractivity contribution in [2.75, 3.05) is 34.0 Å². The van der Waals surface area contributed by atoms with Crippen molar-refractivity contribution in [2.45, 2.75) is 64.7 Å². The zero-order chi connectivity index (χ0) is 39.9. The SMILES string of the molecule is COC(=O)N[C@H](C(=O)N1CCC[C@H]1c1ncc(-c2ccc(C#Cc3ccc(-c4cnc([C@@H]5CNCN5C(=O)[C@@H](NC(=O)OC)C(C)C)[nH]4)cc3)cc2)[nH]1)C(C)C. The number of benzene rings is 2. The Labute approximate surface area is 326 Å². The first-order valence-electron chi connectivity index (χ1n) is 18.8. The van der Waals surface area contributed by atoms with E-state index in [2.05, 4.69) is 47.7 Å². The number of likely N-dealkylation sites (tertiary alicyclic amines) is 1. The van der Waals surface area contributed by atoms with E-state index in [1.54, 1.807) is 22.2 Å². The third kappa shape index (κ3) is 8.87. The average molecular weight is 764 g/mol. The standard InChI is InChI=1S/C41H49N9O6/c1-24(2)34(47-40(53)55-5)38(51)49-19-7-8-32(49)36-43-20-30(45-36)28-15-11-26(12-16-28)9-10-27-13-17-29(18-14-27)31-21-44-37(46-31)33-22-42-23-50(33)39(52)35(25(3)4)48-41(54)56-6/h11-18,20-21,24-25,32-35,42H,7-8,19,22-23H2,1-6H3,(H,43,45)(H,44,46)(H,47,53)(H,48,54)/t32-,33-,34-,35-/m0/s1. The number of carbonyl (C=O) groups excluding carboxylic acids is 4. The third-order valence-corrected chi connectivity index (χ3v) is 10.2. The highest BCUT2D eigenvalue weighted by atomic mass is 16.5. The van der Waals surface area contributed by atoms with Crippen LogP contribution in [-0.4, -0.2) is 99.8 Å². The minimum atomic E-state index is -0.730. The number of rotatable bonds is 10. The summed E-state index contributed by atoms with van der Waals surface area (Å²) in [6.45, 7) is 8.99. The fourth-order valence-electron chi connectivity index (χ4n) is 7.00. The van der Waals surface area contributed by atoms with Gasteiger partial charge in [-0.2, -0.15) is 0 Å². The molecular weight excluding hydrogens is 715 g/mol. The molecule has 2 aliphatic rings. The van der Waals surface area contributed by atoms with Crippen molar-refractivity contribution in [1.29, 1.82) is 0 Å². The molecule has 2 fully saturated rings. The van der Waals surface area contributed by atoms with Crippen LogP contribution in [-0.2, 0) is 19.1 Å². The predicted molar refractivity (Wildman–Crippen MR) is 209 cm³/mol. The van der Waals surface area contributed by atoms with Crippen LogP contribution in [0, 0.1) is 23.7 Å². The van der Waals surface area contributed by atoms with Crippen LogP contribution in [0.25, 0.3) is 22.5 Å². The molecule has 56 heavy (non-hydrogen) atoms. The first kappa shape index (κ1) is 39.6. The Hall–Kier alpha value is -6.14. The fourth-order valence-corrected chi connectivity index (χ4v) is 7.00. The maximum Gasteiger partial charge on any atom is 0.407 e. The van der Waals surface area contributed by atoms with Gasteiger partial charge in [0.25, 0.3) is 0 Å². The lowest BCUT2D eigenvalue weighted by molar-refractivity contribution is -0.136. The number of aromatic amines is 2. The lowest BCUT2D eigenvalue weighted by Gasteiger charge is -2.30. The molecular formula is C41H49N9O6. The van der Waals surface area contributed by atoms with Crippen molar-refractivity contribution in [1.82, 2.24) is 45.7 Å². The van der Waals surface area contributed by atoms with Gasteiger partial charge in [0.2, 0.25) is 11.8 Å². The van der Waals surface area contributed by atoms with E-state index in [4.69, 9.17) is 9.47 Å². The second-order valence-corrected chi connectivity index (χ2v) is 14.6. The molecule has 4 atom stereocenters. The summed E-state index contributed by atoms with van der Waals surface area (Å²) in [5.74, 6) is 7.23. The summed E-state index contributed by atoms with van der Waals surface area (Å²) in [7, 11) is 2.56. The lowest BCUT2D eigenvalue weighted by atomic mass is 10.0. The molecule has 294 valence electrons. The highest BCUT2D eigenvalue weighted by Gasteiger charge is 2.39. The van der Waals surface area contributed by atoms with Crippen LogP contribution >= 0.6 is 0 Å². The van der Waals surface area contributed by atoms with Crippen molar-refractivity contribution < 1.29 is 28.7 Å². The number of H-pyrrole nitrogens is 2. The molecule has 0 bridgehead atoms. The Morgan fingerprint density at radius 1 is 0.714 bits per heavy atom. The van der Waals surface area contributed by atoms with E-state index in [-0.39, 0.29) is 35.7 Å². The van der Waals surface area contributed by atoms with Gasteiger partial charge in [0.05, 0.1) is 50.7 Å². The van der Waals surface area contributed by atoms with Gasteiger partial charge in [0.15, 0.2) is 0 Å². The number of nitrogens with zero attached hydrogens (tertiary/aromatic N) is 4. The topological polar surface area (TPSA) is 187 Å². The van der Waals surface area contributed by atoms with Gasteiger partial charge in [-0.1, -0.05) is 63.8 Å². The summed E-state index contributed by atoms with van der Waals surface area (Å²) >= 11 is 0. The maximum atomic E-state index is 13.5. The van der Waals surface area contributed by atoms with E-state index < -0.39 is 24.3 Å². The summed E-state index contributed by atoms with van der Waals surface area (Å²) in [6, 6.07) is 13.8. The predicted octanol–water partition coefficient (Wildman–Crippen LogP) is 4.72. The lowest BCUT2D eigenvalue weighted by Crippen LogP contribution is -2.51. The molecule has 5 N–H and O–H groups in total. The number of imidazole rings is 2. The Kier molecular flexibility index (Phi) is 12.4. The van der Waals surface area contributed by atoms with Crippen LogP contribution in [0.3, 0.4) is 0 Å². The molecule has 15 nitrogen and oxygen atoms in total. The molecule has 0 saturated carbocycles. The normalized spacial score (nSPS) is 17.6. The average Bonchev–Trinajstić information content (AvgIpc) is 4.04. The Bertz CT molecular complexity index is 1930. The third-order valence-electron chi connectivity index (χ3n) is 10.2. The number of alkyl carbamates (subject to hydrolysis) is 2. The van der Waals surface area contributed by atoms with Crippen molar-refractivity contribution in [3.05, 3.63) is 83.7 Å². The molecule has 0 radical (unpaired) electrons. The second kappa shape index (κ2) is 17.5. The van der Waals surface area contributed by atoms with Crippen LogP contribution in [0.2, 0.25) is 0 Å². The molecule has 4 amide bonds. The first-order valence-corrected chi connectivity index (χ1v) is 18.8. The van der Waals surface area contributed by atoms with Gasteiger partial charge in [0, 0.05) is 24.2 Å². The number of carbonyl (C=O) groups is 4. The summed E-state index contributed by atoms with van der Waals surface area (Å²) in [5, 5.41) is 8.58. The summed E-state index contributed by atoms with van der Waals surface area (Å²) in [4.78, 5) is 70.3. The van der Waals surface area contributed by atoms with Gasteiger partial charge < -0.3 is 39.9 Å². The molecule has 2 aliphatic heterocycles. The molecule has 0 spiro atoms. The highest BCUT2D eigenvalue weighted by molar-refractivity contribution is 5.87. The van der Waals surface area contributed by atoms with Gasteiger partial charge in [-0.15, -0.1) is 0 Å². The number of hydrogen-bond acceptors (Lipinski definition) is 9. The summed E-state index contributed by atoms with van der Waals surface area (Å²) in [5.41, 5.74) is 5.22. The molecule has 0 aliphatic carbocycles. The van der Waals surface area contributed by atoms with Crippen molar-refractivity contribution in [3.8, 4) is 34.4 Å². The van der Waals surface area contributed by atoms with Crippen LogP contribution in [0.5, 0.6) is 0 Å². The van der Waals surface area contributed by atoms with Gasteiger partial charge in [-0.05, 0) is 60.1 Å². The van der Waals surface area contributed by atoms with E-state index in [1.807, 2.05) is 76.2 Å². The van der Waals surface area contributed by atoms with Crippen LogP contribution < -0.4 is 16.0 Å². The zero-order valence-electron chi connectivity index (χ0n) is 32.5. The first-order chi connectivity index (χ1) is 27.0. The minimum absolute atomic E-state index is 0.108. The molecule has 0 unspecified atom stereocenters. The van der Waals surface area contributed by atoms with Gasteiger partial charge in [0.1, 0.15) is 29.8 Å². The van der Waals surface area contributed by atoms with E-state index >= 15 is 0 Å². The number of aromatic nitrogens is 4. The fraction of sp³-hybridized carbons (Fsp3) is 0.415. The van der Waals surface area contributed by atoms with E-state index in [9.17, 15) is 19.2 Å². The van der Waals surface area contributed by atoms with E-state index in [1.165, 1.54) is 14.2 Å². The minimum Gasteiger partial charge on any atom is -0.453 e.